The fraction of sp³-hybridized carbons (Fsp3) is 0.467. The Morgan fingerprint density at radius 2 is 1.95 bits per heavy atom. The molecule has 6 heteroatoms. The Morgan fingerprint density at radius 1 is 1.29 bits per heavy atom. The third kappa shape index (κ3) is 2.58. The number of anilines is 1. The molecule has 0 unspecified atom stereocenters. The number of hydrogen-bond donors (Lipinski definition) is 1. The van der Waals surface area contributed by atoms with Gasteiger partial charge in [-0.2, -0.15) is 0 Å². The quantitative estimate of drug-likeness (QED) is 0.887. The molecule has 0 aliphatic carbocycles. The van der Waals surface area contributed by atoms with Gasteiger partial charge in [-0.25, -0.2) is 0 Å². The van der Waals surface area contributed by atoms with E-state index in [9.17, 15) is 14.7 Å². The van der Waals surface area contributed by atoms with Crippen molar-refractivity contribution in [2.75, 3.05) is 5.32 Å². The van der Waals surface area contributed by atoms with Crippen molar-refractivity contribution in [3.8, 4) is 0 Å². The molecular formula is C15H15BrNO4-. The maximum atomic E-state index is 12.5. The molecule has 2 heterocycles. The average molecular weight is 353 g/mol. The van der Waals surface area contributed by atoms with E-state index >= 15 is 0 Å². The molecule has 1 aromatic carbocycles. The molecule has 3 rings (SSSR count). The summed E-state index contributed by atoms with van der Waals surface area (Å²) in [4.78, 5) is 23.7. The van der Waals surface area contributed by atoms with Gasteiger partial charge < -0.3 is 20.0 Å². The highest BCUT2D eigenvalue weighted by molar-refractivity contribution is 9.10. The van der Waals surface area contributed by atoms with Crippen LogP contribution in [0, 0.1) is 18.8 Å². The van der Waals surface area contributed by atoms with Crippen molar-refractivity contribution in [2.24, 2.45) is 11.8 Å². The predicted molar refractivity (Wildman–Crippen MR) is 77.4 cm³/mol. The van der Waals surface area contributed by atoms with Crippen LogP contribution < -0.4 is 10.4 Å². The van der Waals surface area contributed by atoms with E-state index in [-0.39, 0.29) is 12.0 Å². The van der Waals surface area contributed by atoms with Crippen LogP contribution >= 0.6 is 15.9 Å². The molecule has 21 heavy (non-hydrogen) atoms. The summed E-state index contributed by atoms with van der Waals surface area (Å²) < 4.78 is 6.34. The van der Waals surface area contributed by atoms with Gasteiger partial charge in [0.1, 0.15) is 0 Å². The van der Waals surface area contributed by atoms with Crippen molar-refractivity contribution in [2.45, 2.75) is 32.0 Å². The lowest BCUT2D eigenvalue weighted by Gasteiger charge is -2.27. The molecule has 1 aromatic rings. The van der Waals surface area contributed by atoms with E-state index in [1.807, 2.05) is 19.1 Å². The van der Waals surface area contributed by atoms with E-state index in [0.29, 0.717) is 12.1 Å². The number of rotatable bonds is 3. The summed E-state index contributed by atoms with van der Waals surface area (Å²) in [5.41, 5.74) is 1.70. The molecule has 4 atom stereocenters. The number of carbonyl (C=O) groups is 2. The molecule has 2 aliphatic rings. The van der Waals surface area contributed by atoms with Crippen LogP contribution in [0.2, 0.25) is 0 Å². The molecule has 1 amide bonds. The molecule has 2 fully saturated rings. The van der Waals surface area contributed by atoms with Gasteiger partial charge in [-0.3, -0.25) is 4.79 Å². The number of fused-ring (bicyclic) bond motifs is 2. The fourth-order valence-electron chi connectivity index (χ4n) is 3.25. The Labute approximate surface area is 130 Å². The van der Waals surface area contributed by atoms with Crippen molar-refractivity contribution < 1.29 is 19.4 Å². The molecular weight excluding hydrogens is 338 g/mol. The van der Waals surface area contributed by atoms with E-state index in [4.69, 9.17) is 4.74 Å². The standard InChI is InChI=1S/C15H16BrNO4/c1-7-2-3-9(8(16)6-7)17-14(18)12-10-4-5-11(21-10)13(12)15(19)20/h2-3,6,10-13H,4-5H2,1H3,(H,17,18)(H,19,20)/p-1/t10-,11+,12+,13+/m1/s1. The highest BCUT2D eigenvalue weighted by Gasteiger charge is 2.52. The van der Waals surface area contributed by atoms with E-state index in [2.05, 4.69) is 21.2 Å². The van der Waals surface area contributed by atoms with Crippen LogP contribution in [0.25, 0.3) is 0 Å². The maximum Gasteiger partial charge on any atom is 0.230 e. The smallest absolute Gasteiger partial charge is 0.230 e. The Balaban J connectivity index is 1.80. The van der Waals surface area contributed by atoms with Gasteiger partial charge >= 0.3 is 0 Å². The number of halogens is 1. The maximum absolute atomic E-state index is 12.5. The first-order valence-electron chi connectivity index (χ1n) is 6.90. The second-order valence-corrected chi connectivity index (χ2v) is 6.49. The number of aliphatic carboxylic acids is 1. The Bertz CT molecular complexity index is 603. The Morgan fingerprint density at radius 3 is 2.57 bits per heavy atom. The Hall–Kier alpha value is -1.40. The molecule has 5 nitrogen and oxygen atoms in total. The van der Waals surface area contributed by atoms with Crippen molar-refractivity contribution in [1.82, 2.24) is 0 Å². The number of benzene rings is 1. The minimum absolute atomic E-state index is 0.317. The number of carboxylic acid groups (broad SMARTS) is 1. The first-order chi connectivity index (χ1) is 9.97. The van der Waals surface area contributed by atoms with E-state index in [1.165, 1.54) is 0 Å². The van der Waals surface area contributed by atoms with E-state index in [0.717, 1.165) is 16.5 Å². The van der Waals surface area contributed by atoms with Crippen LogP contribution in [0.5, 0.6) is 0 Å². The van der Waals surface area contributed by atoms with Crippen molar-refractivity contribution in [1.29, 1.82) is 0 Å². The molecule has 1 N–H and O–H groups in total. The number of carboxylic acids is 1. The highest BCUT2D eigenvalue weighted by Crippen LogP contribution is 2.43. The summed E-state index contributed by atoms with van der Waals surface area (Å²) in [5.74, 6) is -3.05. The lowest BCUT2D eigenvalue weighted by molar-refractivity contribution is -0.313. The highest BCUT2D eigenvalue weighted by atomic mass is 79.9. The van der Waals surface area contributed by atoms with Gasteiger partial charge in [0.2, 0.25) is 5.91 Å². The minimum Gasteiger partial charge on any atom is -0.550 e. The zero-order chi connectivity index (χ0) is 15.1. The van der Waals surface area contributed by atoms with E-state index in [1.54, 1.807) is 6.07 Å². The number of nitrogens with one attached hydrogen (secondary N) is 1. The molecule has 0 radical (unpaired) electrons. The van der Waals surface area contributed by atoms with Crippen LogP contribution in [-0.4, -0.2) is 24.1 Å². The van der Waals surface area contributed by atoms with Gasteiger partial charge in [-0.15, -0.1) is 0 Å². The summed E-state index contributed by atoms with van der Waals surface area (Å²) >= 11 is 3.39. The largest absolute Gasteiger partial charge is 0.550 e. The van der Waals surface area contributed by atoms with Crippen LogP contribution in [-0.2, 0) is 14.3 Å². The predicted octanol–water partition coefficient (Wildman–Crippen LogP) is 1.24. The van der Waals surface area contributed by atoms with Gasteiger partial charge in [0, 0.05) is 16.4 Å². The van der Waals surface area contributed by atoms with Gasteiger partial charge in [0.15, 0.2) is 0 Å². The van der Waals surface area contributed by atoms with Gasteiger partial charge in [-0.1, -0.05) is 6.07 Å². The summed E-state index contributed by atoms with van der Waals surface area (Å²) in [6.45, 7) is 1.95. The summed E-state index contributed by atoms with van der Waals surface area (Å²) in [5, 5.41) is 14.1. The van der Waals surface area contributed by atoms with Crippen molar-refractivity contribution in [3.63, 3.8) is 0 Å². The van der Waals surface area contributed by atoms with E-state index < -0.39 is 23.9 Å². The topological polar surface area (TPSA) is 78.5 Å². The first kappa shape index (κ1) is 14.5. The molecule has 0 spiro atoms. The number of amides is 1. The average Bonchev–Trinajstić information content (AvgIpc) is 3.02. The summed E-state index contributed by atoms with van der Waals surface area (Å²) in [6.07, 6.45) is 0.697. The lowest BCUT2D eigenvalue weighted by atomic mass is 9.78. The number of aryl methyl sites for hydroxylation is 1. The van der Waals surface area contributed by atoms with Gasteiger partial charge in [0.05, 0.1) is 23.8 Å². The lowest BCUT2D eigenvalue weighted by Crippen LogP contribution is -2.46. The summed E-state index contributed by atoms with van der Waals surface area (Å²) in [7, 11) is 0. The zero-order valence-electron chi connectivity index (χ0n) is 11.5. The zero-order valence-corrected chi connectivity index (χ0v) is 13.1. The van der Waals surface area contributed by atoms with Crippen molar-refractivity contribution in [3.05, 3.63) is 28.2 Å². The fourth-order valence-corrected chi connectivity index (χ4v) is 3.84. The SMILES string of the molecule is Cc1ccc(NC(=O)[C@@H]2[C@@H](C(=O)[O-])[C@@H]3CC[C@H]2O3)c(Br)c1. The van der Waals surface area contributed by atoms with Crippen LogP contribution in [0.1, 0.15) is 18.4 Å². The normalized spacial score (nSPS) is 30.4. The second-order valence-electron chi connectivity index (χ2n) is 5.63. The second kappa shape index (κ2) is 5.42. The minimum atomic E-state index is -1.20. The molecule has 112 valence electrons. The number of carbonyl (C=O) groups excluding carboxylic acids is 2. The molecule has 0 saturated carbocycles. The first-order valence-corrected chi connectivity index (χ1v) is 7.70. The third-order valence-corrected chi connectivity index (χ3v) is 4.89. The molecule has 2 aliphatic heterocycles. The Kier molecular flexibility index (Phi) is 3.75. The number of hydrogen-bond acceptors (Lipinski definition) is 4. The molecule has 2 bridgehead atoms. The van der Waals surface area contributed by atoms with Crippen LogP contribution in [0.4, 0.5) is 5.69 Å². The number of ether oxygens (including phenoxy) is 1. The van der Waals surface area contributed by atoms with Crippen molar-refractivity contribution >= 4 is 33.5 Å². The molecule has 2 saturated heterocycles. The van der Waals surface area contributed by atoms with Crippen LogP contribution in [0.15, 0.2) is 22.7 Å². The molecule has 0 aromatic heterocycles. The van der Waals surface area contributed by atoms with Crippen LogP contribution in [0.3, 0.4) is 0 Å². The van der Waals surface area contributed by atoms with Gasteiger partial charge in [0.25, 0.3) is 0 Å². The monoisotopic (exact) mass is 352 g/mol. The third-order valence-electron chi connectivity index (χ3n) is 4.23. The summed E-state index contributed by atoms with van der Waals surface area (Å²) in [6, 6.07) is 5.57. The van der Waals surface area contributed by atoms with Gasteiger partial charge in [-0.05, 0) is 53.4 Å².